The summed E-state index contributed by atoms with van der Waals surface area (Å²) in [5.41, 5.74) is 0. The summed E-state index contributed by atoms with van der Waals surface area (Å²) in [6.45, 7) is 3.49. The van der Waals surface area contributed by atoms with E-state index in [-0.39, 0.29) is 18.5 Å². The molecule has 0 aromatic heterocycles. The zero-order valence-electron chi connectivity index (χ0n) is 19.9. The molecule has 0 fully saturated rings. The molecule has 0 aromatic rings. The van der Waals surface area contributed by atoms with Crippen molar-refractivity contribution in [1.82, 2.24) is 0 Å². The Morgan fingerprint density at radius 3 is 1.33 bits per heavy atom. The molecule has 0 rings (SSSR count). The van der Waals surface area contributed by atoms with Gasteiger partial charge in [-0.15, -0.1) is 0 Å². The van der Waals surface area contributed by atoms with Crippen LogP contribution in [0.1, 0.15) is 122 Å². The number of hydrogen-bond donors (Lipinski definition) is 0. The quantitative estimate of drug-likeness (QED) is 0.133. The van der Waals surface area contributed by atoms with Gasteiger partial charge in [-0.25, -0.2) is 0 Å². The molecule has 0 aliphatic carbocycles. The van der Waals surface area contributed by atoms with E-state index in [4.69, 9.17) is 14.2 Å². The number of unbranched alkanes of at least 4 members (excludes halogenated alkanes) is 14. The molecule has 0 spiro atoms. The molecule has 0 aromatic carbocycles. The minimum Gasteiger partial charge on any atom is -0.466 e. The normalized spacial score (nSPS) is 10.9. The van der Waals surface area contributed by atoms with Crippen LogP contribution in [0, 0.1) is 0 Å². The van der Waals surface area contributed by atoms with Gasteiger partial charge in [0.25, 0.3) is 0 Å². The first-order valence-corrected chi connectivity index (χ1v) is 12.5. The summed E-state index contributed by atoms with van der Waals surface area (Å²) in [7, 11) is 1.57. The third-order valence-electron chi connectivity index (χ3n) is 5.32. The second-order valence-electron chi connectivity index (χ2n) is 8.24. The van der Waals surface area contributed by atoms with Crippen LogP contribution in [-0.2, 0) is 23.8 Å². The maximum absolute atomic E-state index is 11.7. The van der Waals surface area contributed by atoms with Crippen molar-refractivity contribution in [2.45, 2.75) is 122 Å². The third-order valence-corrected chi connectivity index (χ3v) is 5.32. The highest BCUT2D eigenvalue weighted by molar-refractivity contribution is 5.70. The van der Waals surface area contributed by atoms with Gasteiger partial charge >= 0.3 is 11.9 Å². The van der Waals surface area contributed by atoms with Gasteiger partial charge in [0.2, 0.25) is 0 Å². The molecule has 0 saturated carbocycles. The van der Waals surface area contributed by atoms with Crippen molar-refractivity contribution >= 4 is 11.9 Å². The van der Waals surface area contributed by atoms with Crippen LogP contribution in [0.5, 0.6) is 0 Å². The maximum atomic E-state index is 11.7. The van der Waals surface area contributed by atoms with E-state index >= 15 is 0 Å². The molecule has 178 valence electrons. The van der Waals surface area contributed by atoms with Gasteiger partial charge in [0.15, 0.2) is 0 Å². The van der Waals surface area contributed by atoms with Crippen LogP contribution in [0.25, 0.3) is 0 Å². The molecule has 0 aliphatic rings. The maximum Gasteiger partial charge on any atom is 0.305 e. The van der Waals surface area contributed by atoms with Crippen molar-refractivity contribution in [1.29, 1.82) is 0 Å². The lowest BCUT2D eigenvalue weighted by molar-refractivity contribution is -0.146. The number of hydrogen-bond acceptors (Lipinski definition) is 5. The van der Waals surface area contributed by atoms with Crippen LogP contribution < -0.4 is 0 Å². The molecule has 0 unspecified atom stereocenters. The van der Waals surface area contributed by atoms with Crippen LogP contribution in [0.3, 0.4) is 0 Å². The highest BCUT2D eigenvalue weighted by Crippen LogP contribution is 2.13. The Morgan fingerprint density at radius 1 is 0.500 bits per heavy atom. The highest BCUT2D eigenvalue weighted by Gasteiger charge is 2.06. The predicted octanol–water partition coefficient (Wildman–Crippen LogP) is 6.76. The van der Waals surface area contributed by atoms with Gasteiger partial charge in [0.05, 0.1) is 13.2 Å². The second-order valence-corrected chi connectivity index (χ2v) is 8.24. The Kier molecular flexibility index (Phi) is 23.3. The fourth-order valence-corrected chi connectivity index (χ4v) is 3.40. The highest BCUT2D eigenvalue weighted by atomic mass is 16.6. The van der Waals surface area contributed by atoms with Crippen LogP contribution in [-0.4, -0.2) is 38.9 Å². The van der Waals surface area contributed by atoms with Crippen molar-refractivity contribution < 1.29 is 23.8 Å². The fraction of sp³-hybridized carbons (Fsp3) is 0.920. The van der Waals surface area contributed by atoms with Gasteiger partial charge in [0, 0.05) is 20.0 Å². The van der Waals surface area contributed by atoms with Gasteiger partial charge in [-0.3, -0.25) is 9.59 Å². The lowest BCUT2D eigenvalue weighted by Crippen LogP contribution is -2.10. The molecule has 0 atom stereocenters. The zero-order valence-corrected chi connectivity index (χ0v) is 19.9. The average molecular weight is 429 g/mol. The van der Waals surface area contributed by atoms with Crippen molar-refractivity contribution in [3.63, 3.8) is 0 Å². The summed E-state index contributed by atoms with van der Waals surface area (Å²) >= 11 is 0. The summed E-state index contributed by atoms with van der Waals surface area (Å²) < 4.78 is 15.0. The van der Waals surface area contributed by atoms with Crippen LogP contribution in [0.4, 0.5) is 0 Å². The van der Waals surface area contributed by atoms with Gasteiger partial charge in [0.1, 0.15) is 6.61 Å². The molecular formula is C25H48O5. The van der Waals surface area contributed by atoms with E-state index in [2.05, 4.69) is 6.92 Å². The Labute approximate surface area is 185 Å². The molecule has 0 saturated heterocycles. The molecule has 0 amide bonds. The molecular weight excluding hydrogens is 380 g/mol. The number of esters is 2. The summed E-state index contributed by atoms with van der Waals surface area (Å²) in [4.78, 5) is 23.1. The molecule has 0 heterocycles. The summed E-state index contributed by atoms with van der Waals surface area (Å²) in [5.74, 6) is -0.389. The molecule has 0 N–H and O–H groups in total. The number of ether oxygens (including phenoxy) is 3. The van der Waals surface area contributed by atoms with Gasteiger partial charge in [-0.2, -0.15) is 0 Å². The van der Waals surface area contributed by atoms with E-state index in [0.29, 0.717) is 38.9 Å². The largest absolute Gasteiger partial charge is 0.466 e. The van der Waals surface area contributed by atoms with Crippen molar-refractivity contribution in [3.8, 4) is 0 Å². The lowest BCUT2D eigenvalue weighted by Gasteiger charge is -2.06. The number of carbonyl (C=O) groups excluding carboxylic acids is 2. The number of rotatable bonds is 23. The van der Waals surface area contributed by atoms with Crippen LogP contribution in [0.2, 0.25) is 0 Å². The molecule has 0 bridgehead atoms. The first-order valence-electron chi connectivity index (χ1n) is 12.5. The topological polar surface area (TPSA) is 61.8 Å². The van der Waals surface area contributed by atoms with Gasteiger partial charge in [-0.1, -0.05) is 90.4 Å². The van der Waals surface area contributed by atoms with Crippen molar-refractivity contribution in [2.24, 2.45) is 0 Å². The first-order chi connectivity index (χ1) is 14.7. The predicted molar refractivity (Wildman–Crippen MR) is 123 cm³/mol. The Balaban J connectivity index is 3.22. The Morgan fingerprint density at radius 2 is 0.900 bits per heavy atom. The molecule has 0 aliphatic heterocycles. The van der Waals surface area contributed by atoms with Crippen molar-refractivity contribution in [2.75, 3.05) is 26.9 Å². The van der Waals surface area contributed by atoms with E-state index < -0.39 is 0 Å². The lowest BCUT2D eigenvalue weighted by atomic mass is 10.0. The number of carbonyl (C=O) groups is 2. The molecule has 30 heavy (non-hydrogen) atoms. The van der Waals surface area contributed by atoms with E-state index in [0.717, 1.165) is 12.8 Å². The zero-order chi connectivity index (χ0) is 22.1. The molecule has 5 nitrogen and oxygen atoms in total. The Bertz CT molecular complexity index is 384. The van der Waals surface area contributed by atoms with Gasteiger partial charge < -0.3 is 14.2 Å². The van der Waals surface area contributed by atoms with E-state index in [1.165, 1.54) is 77.0 Å². The number of methoxy groups -OCH3 is 1. The molecule has 5 heteroatoms. The van der Waals surface area contributed by atoms with E-state index in [1.807, 2.05) is 0 Å². The summed E-state index contributed by atoms with van der Waals surface area (Å²) in [6, 6.07) is 0. The van der Waals surface area contributed by atoms with Gasteiger partial charge in [-0.05, 0) is 19.3 Å². The summed E-state index contributed by atoms with van der Waals surface area (Å²) in [5, 5.41) is 0. The van der Waals surface area contributed by atoms with Crippen LogP contribution >= 0.6 is 0 Å². The SMILES string of the molecule is CCCCCCCCCCCCCCCCOC(=O)CCCCC(=O)OCCOC. The first kappa shape index (κ1) is 28.9. The monoisotopic (exact) mass is 428 g/mol. The second kappa shape index (κ2) is 24.2. The molecule has 0 radical (unpaired) electrons. The van der Waals surface area contributed by atoms with Crippen molar-refractivity contribution in [3.05, 3.63) is 0 Å². The van der Waals surface area contributed by atoms with Crippen LogP contribution in [0.15, 0.2) is 0 Å². The fourth-order valence-electron chi connectivity index (χ4n) is 3.40. The standard InChI is InChI=1S/C25H48O5/c1-3-4-5-6-7-8-9-10-11-12-13-14-15-18-21-29-24(26)19-16-17-20-25(27)30-23-22-28-2/h3-23H2,1-2H3. The average Bonchev–Trinajstić information content (AvgIpc) is 2.74. The van der Waals surface area contributed by atoms with E-state index in [1.54, 1.807) is 7.11 Å². The third kappa shape index (κ3) is 23.2. The summed E-state index contributed by atoms with van der Waals surface area (Å²) in [6.07, 6.45) is 20.5. The minimum absolute atomic E-state index is 0.155. The smallest absolute Gasteiger partial charge is 0.305 e. The minimum atomic E-state index is -0.233. The Hall–Kier alpha value is -1.10. The van der Waals surface area contributed by atoms with E-state index in [9.17, 15) is 9.59 Å².